The highest BCUT2D eigenvalue weighted by atomic mass is 16.1. The average molecular weight is 250 g/mol. The van der Waals surface area contributed by atoms with E-state index >= 15 is 0 Å². The van der Waals surface area contributed by atoms with Gasteiger partial charge in [-0.1, -0.05) is 20.8 Å². The molecule has 0 aliphatic rings. The number of amides is 1. The normalized spacial score (nSPS) is 13.1. The van der Waals surface area contributed by atoms with Gasteiger partial charge in [0, 0.05) is 12.2 Å². The predicted octanol–water partition coefficient (Wildman–Crippen LogP) is 1.36. The van der Waals surface area contributed by atoms with Crippen molar-refractivity contribution in [2.24, 2.45) is 16.9 Å². The zero-order valence-electron chi connectivity index (χ0n) is 11.2. The van der Waals surface area contributed by atoms with Crippen LogP contribution in [0.2, 0.25) is 0 Å². The summed E-state index contributed by atoms with van der Waals surface area (Å²) in [4.78, 5) is 15.5. The zero-order chi connectivity index (χ0) is 13.8. The third kappa shape index (κ3) is 3.70. The Morgan fingerprint density at radius 2 is 2.17 bits per heavy atom. The number of pyridine rings is 1. The van der Waals surface area contributed by atoms with Gasteiger partial charge < -0.3 is 16.8 Å². The van der Waals surface area contributed by atoms with Crippen molar-refractivity contribution in [2.75, 3.05) is 11.9 Å². The minimum atomic E-state index is -0.481. The molecule has 1 unspecified atom stereocenters. The lowest BCUT2D eigenvalue weighted by Gasteiger charge is -2.32. The maximum absolute atomic E-state index is 11.3. The number of aromatic nitrogens is 1. The number of carbonyl (C=O) groups is 1. The molecule has 1 rings (SSSR count). The minimum absolute atomic E-state index is 0.0197. The third-order valence-electron chi connectivity index (χ3n) is 2.88. The summed E-state index contributed by atoms with van der Waals surface area (Å²) in [6, 6.07) is 3.50. The monoisotopic (exact) mass is 250 g/mol. The Bertz CT molecular complexity index is 412. The van der Waals surface area contributed by atoms with E-state index in [1.54, 1.807) is 18.3 Å². The first-order valence-corrected chi connectivity index (χ1v) is 6.07. The third-order valence-corrected chi connectivity index (χ3v) is 2.88. The largest absolute Gasteiger partial charge is 0.366 e. The first-order chi connectivity index (χ1) is 8.36. The molecule has 1 heterocycles. The fourth-order valence-corrected chi connectivity index (χ4v) is 1.77. The second kappa shape index (κ2) is 5.82. The summed E-state index contributed by atoms with van der Waals surface area (Å²) >= 11 is 0. The van der Waals surface area contributed by atoms with E-state index < -0.39 is 5.91 Å². The van der Waals surface area contributed by atoms with Gasteiger partial charge in [-0.05, 0) is 30.5 Å². The van der Waals surface area contributed by atoms with Crippen molar-refractivity contribution >= 4 is 11.7 Å². The highest BCUT2D eigenvalue weighted by molar-refractivity contribution is 5.97. The van der Waals surface area contributed by atoms with E-state index in [9.17, 15) is 4.79 Å². The number of anilines is 1. The Hall–Kier alpha value is -1.62. The van der Waals surface area contributed by atoms with Crippen LogP contribution in [0.1, 0.15) is 37.6 Å². The Kier molecular flexibility index (Phi) is 4.67. The number of nitrogens with zero attached hydrogens (tertiary/aromatic N) is 1. The maximum atomic E-state index is 11.3. The van der Waals surface area contributed by atoms with E-state index in [-0.39, 0.29) is 11.5 Å². The predicted molar refractivity (Wildman–Crippen MR) is 73.3 cm³/mol. The molecule has 0 fully saturated rings. The fourth-order valence-electron chi connectivity index (χ4n) is 1.77. The molecule has 0 bridgehead atoms. The van der Waals surface area contributed by atoms with Crippen LogP contribution in [0.25, 0.3) is 0 Å². The molecule has 100 valence electrons. The lowest BCUT2D eigenvalue weighted by atomic mass is 9.84. The van der Waals surface area contributed by atoms with E-state index in [1.807, 2.05) is 0 Å². The number of primary amides is 1. The highest BCUT2D eigenvalue weighted by Gasteiger charge is 2.25. The molecule has 0 aliphatic carbocycles. The Morgan fingerprint density at radius 3 is 2.67 bits per heavy atom. The number of nitrogens with two attached hydrogens (primary N) is 2. The van der Waals surface area contributed by atoms with Gasteiger partial charge in [0.2, 0.25) is 0 Å². The molecule has 0 radical (unpaired) electrons. The topological polar surface area (TPSA) is 94.0 Å². The second-order valence-electron chi connectivity index (χ2n) is 5.40. The van der Waals surface area contributed by atoms with Gasteiger partial charge in [-0.25, -0.2) is 4.98 Å². The summed E-state index contributed by atoms with van der Waals surface area (Å²) in [5.74, 6) is 0.0457. The minimum Gasteiger partial charge on any atom is -0.366 e. The molecule has 5 nitrogen and oxygen atoms in total. The maximum Gasteiger partial charge on any atom is 0.252 e. The summed E-state index contributed by atoms with van der Waals surface area (Å²) in [5, 5.41) is 3.28. The van der Waals surface area contributed by atoms with Gasteiger partial charge in [-0.15, -0.1) is 0 Å². The van der Waals surface area contributed by atoms with Crippen LogP contribution in [-0.2, 0) is 0 Å². The molecule has 1 aromatic heterocycles. The van der Waals surface area contributed by atoms with Crippen molar-refractivity contribution in [3.63, 3.8) is 0 Å². The second-order valence-corrected chi connectivity index (χ2v) is 5.40. The van der Waals surface area contributed by atoms with Crippen LogP contribution in [0.3, 0.4) is 0 Å². The molecular formula is C13H22N4O. The first kappa shape index (κ1) is 14.4. The molecule has 1 aromatic rings. The van der Waals surface area contributed by atoms with Gasteiger partial charge in [0.1, 0.15) is 5.82 Å². The zero-order valence-corrected chi connectivity index (χ0v) is 11.2. The molecule has 0 saturated carbocycles. The van der Waals surface area contributed by atoms with Crippen LogP contribution >= 0.6 is 0 Å². The smallest absolute Gasteiger partial charge is 0.252 e. The van der Waals surface area contributed by atoms with Crippen LogP contribution in [0.15, 0.2) is 18.3 Å². The van der Waals surface area contributed by atoms with Gasteiger partial charge in [-0.3, -0.25) is 4.79 Å². The van der Waals surface area contributed by atoms with Crippen molar-refractivity contribution < 1.29 is 4.79 Å². The highest BCUT2D eigenvalue weighted by Crippen LogP contribution is 2.25. The molecule has 0 spiro atoms. The standard InChI is InChI=1S/C13H22N4O/c1-13(2,3)10(6-7-14)17-12-9(11(15)18)5-4-8-16-12/h4-5,8,10H,6-7,14H2,1-3H3,(H2,15,18)(H,16,17). The Labute approximate surface area is 108 Å². The van der Waals surface area contributed by atoms with E-state index in [4.69, 9.17) is 11.5 Å². The molecule has 5 N–H and O–H groups in total. The quantitative estimate of drug-likeness (QED) is 0.735. The molecule has 0 aromatic carbocycles. The van der Waals surface area contributed by atoms with Crippen molar-refractivity contribution in [1.82, 2.24) is 4.98 Å². The van der Waals surface area contributed by atoms with Gasteiger partial charge in [0.25, 0.3) is 5.91 Å². The Morgan fingerprint density at radius 1 is 1.50 bits per heavy atom. The number of rotatable bonds is 5. The summed E-state index contributed by atoms with van der Waals surface area (Å²) in [7, 11) is 0. The Balaban J connectivity index is 2.97. The average Bonchev–Trinajstić information content (AvgIpc) is 2.27. The van der Waals surface area contributed by atoms with Gasteiger partial charge in [0.05, 0.1) is 5.56 Å². The van der Waals surface area contributed by atoms with Crippen molar-refractivity contribution in [3.8, 4) is 0 Å². The number of nitrogens with one attached hydrogen (secondary N) is 1. The lowest BCUT2D eigenvalue weighted by Crippen LogP contribution is -2.36. The molecule has 1 amide bonds. The van der Waals surface area contributed by atoms with Crippen LogP contribution < -0.4 is 16.8 Å². The summed E-state index contributed by atoms with van der Waals surface area (Å²) < 4.78 is 0. The summed E-state index contributed by atoms with van der Waals surface area (Å²) in [6.07, 6.45) is 2.44. The van der Waals surface area contributed by atoms with Crippen LogP contribution in [0, 0.1) is 5.41 Å². The fraction of sp³-hybridized carbons (Fsp3) is 0.538. The van der Waals surface area contributed by atoms with E-state index in [0.717, 1.165) is 6.42 Å². The molecule has 18 heavy (non-hydrogen) atoms. The molecule has 0 saturated heterocycles. The molecule has 0 aliphatic heterocycles. The molecule has 5 heteroatoms. The van der Waals surface area contributed by atoms with E-state index in [0.29, 0.717) is 17.9 Å². The van der Waals surface area contributed by atoms with Gasteiger partial charge in [-0.2, -0.15) is 0 Å². The van der Waals surface area contributed by atoms with Gasteiger partial charge >= 0.3 is 0 Å². The number of carbonyl (C=O) groups excluding carboxylic acids is 1. The number of hydrogen-bond acceptors (Lipinski definition) is 4. The van der Waals surface area contributed by atoms with E-state index in [2.05, 4.69) is 31.1 Å². The number of hydrogen-bond donors (Lipinski definition) is 3. The first-order valence-electron chi connectivity index (χ1n) is 6.07. The SMILES string of the molecule is CC(C)(C)C(CCN)Nc1ncccc1C(N)=O. The summed E-state index contributed by atoms with van der Waals surface area (Å²) in [6.45, 7) is 6.93. The van der Waals surface area contributed by atoms with Crippen molar-refractivity contribution in [1.29, 1.82) is 0 Å². The molecule has 1 atom stereocenters. The van der Waals surface area contributed by atoms with Crippen LogP contribution in [0.5, 0.6) is 0 Å². The van der Waals surface area contributed by atoms with Crippen LogP contribution in [-0.4, -0.2) is 23.5 Å². The van der Waals surface area contributed by atoms with E-state index in [1.165, 1.54) is 0 Å². The summed E-state index contributed by atoms with van der Waals surface area (Å²) in [5.41, 5.74) is 11.4. The lowest BCUT2D eigenvalue weighted by molar-refractivity contribution is 0.100. The van der Waals surface area contributed by atoms with Crippen molar-refractivity contribution in [2.45, 2.75) is 33.2 Å². The van der Waals surface area contributed by atoms with Crippen LogP contribution in [0.4, 0.5) is 5.82 Å². The van der Waals surface area contributed by atoms with Gasteiger partial charge in [0.15, 0.2) is 0 Å². The molecular weight excluding hydrogens is 228 g/mol. The van der Waals surface area contributed by atoms with Crippen molar-refractivity contribution in [3.05, 3.63) is 23.9 Å².